The maximum absolute atomic E-state index is 9.98. The van der Waals surface area contributed by atoms with Crippen LogP contribution in [0.25, 0.3) is 0 Å². The first kappa shape index (κ1) is 14.4. The molecule has 23 heavy (non-hydrogen) atoms. The highest BCUT2D eigenvalue weighted by Crippen LogP contribution is 2.67. The van der Waals surface area contributed by atoms with Gasteiger partial charge in [-0.1, -0.05) is 30.3 Å². The van der Waals surface area contributed by atoms with Crippen LogP contribution in [0.5, 0.6) is 0 Å². The molecule has 0 aromatic heterocycles. The van der Waals surface area contributed by atoms with Gasteiger partial charge in [0, 0.05) is 13.8 Å². The fourth-order valence-corrected chi connectivity index (χ4v) is 3.32. The molecule has 1 aliphatic carbocycles. The Morgan fingerprint density at radius 2 is 2.00 bits per heavy atom. The van der Waals surface area contributed by atoms with Crippen molar-refractivity contribution in [3.63, 3.8) is 0 Å². The zero-order valence-corrected chi connectivity index (χ0v) is 12.9. The molecular formula is C17H17NO5. The van der Waals surface area contributed by atoms with E-state index in [1.165, 1.54) is 0 Å². The highest BCUT2D eigenvalue weighted by atomic mass is 16.9. The van der Waals surface area contributed by atoms with Gasteiger partial charge in [-0.25, -0.2) is 0 Å². The summed E-state index contributed by atoms with van der Waals surface area (Å²) in [7, 11) is 0. The van der Waals surface area contributed by atoms with Crippen molar-refractivity contribution in [1.29, 1.82) is 5.26 Å². The molecule has 120 valence electrons. The summed E-state index contributed by atoms with van der Waals surface area (Å²) in [6.45, 7) is 3.87. The normalized spacial score (nSPS) is 33.7. The molecule has 0 saturated heterocycles. The Morgan fingerprint density at radius 1 is 1.26 bits per heavy atom. The minimum Gasteiger partial charge on any atom is -0.449 e. The summed E-state index contributed by atoms with van der Waals surface area (Å²) in [6.07, 6.45) is -1.18. The molecule has 6 heteroatoms. The van der Waals surface area contributed by atoms with Crippen LogP contribution >= 0.6 is 0 Å². The van der Waals surface area contributed by atoms with E-state index >= 15 is 0 Å². The minimum absolute atomic E-state index is 0.300. The van der Waals surface area contributed by atoms with Gasteiger partial charge in [0.15, 0.2) is 11.9 Å². The topological polar surface area (TPSA) is 80.9 Å². The van der Waals surface area contributed by atoms with Gasteiger partial charge in [-0.2, -0.15) is 5.26 Å². The van der Waals surface area contributed by atoms with Gasteiger partial charge in [-0.05, 0) is 5.56 Å². The summed E-state index contributed by atoms with van der Waals surface area (Å²) >= 11 is 0. The Kier molecular flexibility index (Phi) is 2.89. The van der Waals surface area contributed by atoms with E-state index in [1.807, 2.05) is 36.4 Å². The lowest BCUT2D eigenvalue weighted by Gasteiger charge is -2.23. The summed E-state index contributed by atoms with van der Waals surface area (Å²) in [5, 5.41) is 19.0. The molecule has 1 N–H and O–H groups in total. The summed E-state index contributed by atoms with van der Waals surface area (Å²) in [4.78, 5) is 0. The molecule has 4 rings (SSSR count). The number of ether oxygens (including phenoxy) is 4. The Labute approximate surface area is 133 Å². The third kappa shape index (κ3) is 2.08. The fraction of sp³-hybridized carbons (Fsp3) is 0.471. The molecule has 2 aliphatic heterocycles. The van der Waals surface area contributed by atoms with E-state index < -0.39 is 23.6 Å². The second-order valence-corrected chi connectivity index (χ2v) is 6.43. The molecule has 6 nitrogen and oxygen atoms in total. The summed E-state index contributed by atoms with van der Waals surface area (Å²) < 4.78 is 23.2. The predicted octanol–water partition coefficient (Wildman–Crippen LogP) is 2.01. The number of benzene rings is 1. The number of fused-ring (bicyclic) bond motifs is 2. The Hall–Kier alpha value is -2.23. The van der Waals surface area contributed by atoms with Gasteiger partial charge in [0.05, 0.1) is 18.6 Å². The van der Waals surface area contributed by atoms with E-state index in [1.54, 1.807) is 13.8 Å². The van der Waals surface area contributed by atoms with Crippen LogP contribution in [0.15, 0.2) is 42.0 Å². The lowest BCUT2D eigenvalue weighted by Crippen LogP contribution is -2.28. The number of aliphatic hydroxyl groups excluding tert-OH is 1. The third-order valence-corrected chi connectivity index (χ3v) is 4.36. The second-order valence-electron chi connectivity index (χ2n) is 6.43. The number of nitriles is 1. The van der Waals surface area contributed by atoms with Crippen molar-refractivity contribution >= 4 is 0 Å². The van der Waals surface area contributed by atoms with Gasteiger partial charge in [-0.3, -0.25) is 0 Å². The molecule has 0 bridgehead atoms. The Balaban J connectivity index is 1.55. The molecule has 4 atom stereocenters. The van der Waals surface area contributed by atoms with Crippen molar-refractivity contribution in [2.75, 3.05) is 0 Å². The van der Waals surface area contributed by atoms with Crippen LogP contribution in [0, 0.1) is 23.2 Å². The average molecular weight is 315 g/mol. The van der Waals surface area contributed by atoms with Crippen molar-refractivity contribution in [2.24, 2.45) is 11.8 Å². The summed E-state index contributed by atoms with van der Waals surface area (Å²) in [5.74, 6) is -1.85. The molecule has 1 saturated carbocycles. The van der Waals surface area contributed by atoms with Crippen LogP contribution in [-0.2, 0) is 25.6 Å². The van der Waals surface area contributed by atoms with Gasteiger partial charge >= 0.3 is 5.95 Å². The zero-order chi connectivity index (χ0) is 16.2. The van der Waals surface area contributed by atoms with Crippen LogP contribution in [-0.4, -0.2) is 22.8 Å². The van der Waals surface area contributed by atoms with E-state index in [4.69, 9.17) is 24.2 Å². The second kappa shape index (κ2) is 4.63. The maximum atomic E-state index is 9.98. The van der Waals surface area contributed by atoms with E-state index in [0.717, 1.165) is 5.56 Å². The monoisotopic (exact) mass is 315 g/mol. The predicted molar refractivity (Wildman–Crippen MR) is 76.9 cm³/mol. The maximum Gasteiger partial charge on any atom is 0.325 e. The van der Waals surface area contributed by atoms with Crippen molar-refractivity contribution in [2.45, 2.75) is 38.1 Å². The first-order valence-electron chi connectivity index (χ1n) is 7.53. The molecule has 2 heterocycles. The van der Waals surface area contributed by atoms with Gasteiger partial charge in [0.1, 0.15) is 5.92 Å². The van der Waals surface area contributed by atoms with E-state index in [2.05, 4.69) is 0 Å². The molecule has 2 unspecified atom stereocenters. The SMILES string of the molecule is CC1(C)OC2=C(O1)C1[C@@H]([C@@H](O)C#N)C1(OCc1ccccc1)O2. The quantitative estimate of drug-likeness (QED) is 0.856. The Morgan fingerprint density at radius 3 is 2.70 bits per heavy atom. The summed E-state index contributed by atoms with van der Waals surface area (Å²) in [6, 6.07) is 11.5. The molecule has 1 aromatic rings. The number of aliphatic hydroxyl groups is 1. The fourth-order valence-electron chi connectivity index (χ4n) is 3.32. The first-order valence-corrected chi connectivity index (χ1v) is 7.53. The van der Waals surface area contributed by atoms with Crippen LogP contribution in [0.4, 0.5) is 0 Å². The van der Waals surface area contributed by atoms with Gasteiger partial charge < -0.3 is 24.1 Å². The molecular weight excluding hydrogens is 298 g/mol. The summed E-state index contributed by atoms with van der Waals surface area (Å²) in [5.41, 5.74) is 0.982. The largest absolute Gasteiger partial charge is 0.449 e. The molecule has 0 spiro atoms. The average Bonchev–Trinajstić information content (AvgIpc) is 2.93. The lowest BCUT2D eigenvalue weighted by molar-refractivity contribution is -0.225. The van der Waals surface area contributed by atoms with Crippen molar-refractivity contribution < 1.29 is 24.1 Å². The molecule has 0 amide bonds. The van der Waals surface area contributed by atoms with Gasteiger partial charge in [-0.15, -0.1) is 0 Å². The number of hydrogen-bond donors (Lipinski definition) is 1. The lowest BCUT2D eigenvalue weighted by atomic mass is 10.2. The molecule has 1 aromatic carbocycles. The first-order chi connectivity index (χ1) is 11.0. The minimum atomic E-state index is -1.18. The molecule has 3 aliphatic rings. The highest BCUT2D eigenvalue weighted by molar-refractivity contribution is 5.33. The third-order valence-electron chi connectivity index (χ3n) is 4.36. The van der Waals surface area contributed by atoms with Crippen LogP contribution < -0.4 is 0 Å². The number of rotatable bonds is 4. The number of hydrogen-bond acceptors (Lipinski definition) is 6. The standard InChI is InChI=1S/C17H17NO5/c1-16(2)21-14-13-12(11(19)8-18)17(13,23-15(14)22-16)20-9-10-6-4-3-5-7-10/h3-7,11-13,19H,9H2,1-2H3/t11-,12+,13?,17?/m0/s1. The van der Waals surface area contributed by atoms with Crippen molar-refractivity contribution in [3.05, 3.63) is 47.6 Å². The van der Waals surface area contributed by atoms with Crippen molar-refractivity contribution in [3.8, 4) is 6.07 Å². The van der Waals surface area contributed by atoms with E-state index in [9.17, 15) is 5.11 Å². The Bertz CT molecular complexity index is 707. The van der Waals surface area contributed by atoms with Gasteiger partial charge in [0.2, 0.25) is 11.6 Å². The highest BCUT2D eigenvalue weighted by Gasteiger charge is 2.81. The number of nitrogens with zero attached hydrogens (tertiary/aromatic N) is 1. The van der Waals surface area contributed by atoms with Crippen LogP contribution in [0.1, 0.15) is 19.4 Å². The zero-order valence-electron chi connectivity index (χ0n) is 12.9. The van der Waals surface area contributed by atoms with Crippen molar-refractivity contribution in [1.82, 2.24) is 0 Å². The molecule has 0 radical (unpaired) electrons. The van der Waals surface area contributed by atoms with Crippen LogP contribution in [0.2, 0.25) is 0 Å². The van der Waals surface area contributed by atoms with Crippen LogP contribution in [0.3, 0.4) is 0 Å². The van der Waals surface area contributed by atoms with Gasteiger partial charge in [0.25, 0.3) is 0 Å². The molecule has 1 fully saturated rings. The smallest absolute Gasteiger partial charge is 0.325 e. The van der Waals surface area contributed by atoms with E-state index in [0.29, 0.717) is 18.3 Å². The van der Waals surface area contributed by atoms with E-state index in [-0.39, 0.29) is 5.92 Å².